The molecule has 1 aliphatic carbocycles. The van der Waals surface area contributed by atoms with Crippen molar-refractivity contribution < 1.29 is 14.7 Å². The van der Waals surface area contributed by atoms with Gasteiger partial charge in [-0.25, -0.2) is 4.79 Å². The molecule has 21 heavy (non-hydrogen) atoms. The highest BCUT2D eigenvalue weighted by atomic mass is 16.4. The zero-order valence-electron chi connectivity index (χ0n) is 12.6. The van der Waals surface area contributed by atoms with Gasteiger partial charge in [0.1, 0.15) is 0 Å². The van der Waals surface area contributed by atoms with Gasteiger partial charge in [-0.05, 0) is 42.7 Å². The molecular weight excluding hydrogens is 266 g/mol. The molecule has 2 rings (SSSR count). The van der Waals surface area contributed by atoms with Gasteiger partial charge >= 0.3 is 5.97 Å². The first-order chi connectivity index (χ1) is 9.95. The van der Waals surface area contributed by atoms with Crippen molar-refractivity contribution in [2.24, 2.45) is 11.8 Å². The second kappa shape index (κ2) is 6.74. The summed E-state index contributed by atoms with van der Waals surface area (Å²) >= 11 is 0. The fourth-order valence-corrected chi connectivity index (χ4v) is 3.40. The Bertz CT molecular complexity index is 517. The van der Waals surface area contributed by atoms with E-state index in [-0.39, 0.29) is 23.9 Å². The monoisotopic (exact) mass is 289 g/mol. The van der Waals surface area contributed by atoms with Crippen LogP contribution in [0.4, 0.5) is 0 Å². The van der Waals surface area contributed by atoms with E-state index in [0.29, 0.717) is 17.4 Å². The van der Waals surface area contributed by atoms with E-state index < -0.39 is 5.97 Å². The van der Waals surface area contributed by atoms with Crippen molar-refractivity contribution in [3.8, 4) is 0 Å². The molecule has 0 heterocycles. The molecule has 2 atom stereocenters. The lowest BCUT2D eigenvalue weighted by Crippen LogP contribution is -2.40. The van der Waals surface area contributed by atoms with Crippen LogP contribution < -0.4 is 5.32 Å². The maximum atomic E-state index is 12.2. The van der Waals surface area contributed by atoms with E-state index in [2.05, 4.69) is 19.2 Å². The van der Waals surface area contributed by atoms with Gasteiger partial charge in [-0.15, -0.1) is 0 Å². The fraction of sp³-hybridized carbons (Fsp3) is 0.529. The van der Waals surface area contributed by atoms with Gasteiger partial charge in [-0.2, -0.15) is 0 Å². The molecule has 4 heteroatoms. The van der Waals surface area contributed by atoms with Gasteiger partial charge < -0.3 is 10.4 Å². The molecule has 0 spiro atoms. The summed E-state index contributed by atoms with van der Waals surface area (Å²) < 4.78 is 0. The van der Waals surface area contributed by atoms with E-state index >= 15 is 0 Å². The number of hydrogen-bond acceptors (Lipinski definition) is 2. The Hall–Kier alpha value is -1.84. The molecule has 1 fully saturated rings. The van der Waals surface area contributed by atoms with Gasteiger partial charge in [0.25, 0.3) is 0 Å². The maximum Gasteiger partial charge on any atom is 0.335 e. The summed E-state index contributed by atoms with van der Waals surface area (Å²) in [7, 11) is 0. The Kier molecular flexibility index (Phi) is 4.99. The maximum absolute atomic E-state index is 12.2. The first kappa shape index (κ1) is 15.5. The highest BCUT2D eigenvalue weighted by Gasteiger charge is 2.25. The van der Waals surface area contributed by atoms with E-state index in [1.807, 2.05) is 0 Å². The predicted molar refractivity (Wildman–Crippen MR) is 81.2 cm³/mol. The molecule has 4 nitrogen and oxygen atoms in total. The molecule has 0 aliphatic heterocycles. The van der Waals surface area contributed by atoms with Crippen molar-refractivity contribution in [3.63, 3.8) is 0 Å². The smallest absolute Gasteiger partial charge is 0.335 e. The minimum atomic E-state index is -0.988. The van der Waals surface area contributed by atoms with Crippen molar-refractivity contribution >= 4 is 11.9 Å². The van der Waals surface area contributed by atoms with Crippen LogP contribution in [-0.2, 0) is 11.2 Å². The van der Waals surface area contributed by atoms with Crippen LogP contribution in [0.5, 0.6) is 0 Å². The number of aromatic carboxylic acids is 1. The third-order valence-electron chi connectivity index (χ3n) is 4.14. The van der Waals surface area contributed by atoms with E-state index in [1.54, 1.807) is 18.2 Å². The van der Waals surface area contributed by atoms with E-state index in [9.17, 15) is 9.59 Å². The minimum absolute atomic E-state index is 0.0880. The third kappa shape index (κ3) is 4.31. The van der Waals surface area contributed by atoms with Crippen LogP contribution in [0.1, 0.15) is 49.0 Å². The van der Waals surface area contributed by atoms with Gasteiger partial charge in [0, 0.05) is 6.04 Å². The lowest BCUT2D eigenvalue weighted by molar-refractivity contribution is -0.121. The Morgan fingerprint density at radius 2 is 1.76 bits per heavy atom. The van der Waals surface area contributed by atoms with Gasteiger partial charge in [-0.1, -0.05) is 32.0 Å². The van der Waals surface area contributed by atoms with Crippen molar-refractivity contribution in [1.82, 2.24) is 5.32 Å². The summed E-state index contributed by atoms with van der Waals surface area (Å²) in [5.41, 5.74) is 0.775. The molecule has 1 saturated carbocycles. The molecule has 1 aliphatic rings. The molecule has 2 unspecified atom stereocenters. The molecule has 1 aromatic carbocycles. The summed E-state index contributed by atoms with van der Waals surface area (Å²) in [5, 5.41) is 12.2. The van der Waals surface area contributed by atoms with Gasteiger partial charge in [0.05, 0.1) is 12.0 Å². The Morgan fingerprint density at radius 3 is 2.38 bits per heavy atom. The van der Waals surface area contributed by atoms with Crippen LogP contribution in [0.3, 0.4) is 0 Å². The highest BCUT2D eigenvalue weighted by molar-refractivity contribution is 5.91. The summed E-state index contributed by atoms with van der Waals surface area (Å²) in [6, 6.07) is 6.90. The molecule has 0 radical (unpaired) electrons. The van der Waals surface area contributed by atoms with Gasteiger partial charge in [0.2, 0.25) is 5.91 Å². The normalized spacial score (nSPS) is 25.3. The van der Waals surface area contributed by atoms with Crippen molar-refractivity contribution in [1.29, 1.82) is 0 Å². The summed E-state index contributed by atoms with van der Waals surface area (Å²) in [6.07, 6.45) is 3.36. The quantitative estimate of drug-likeness (QED) is 0.895. The van der Waals surface area contributed by atoms with E-state index in [4.69, 9.17) is 5.11 Å². The lowest BCUT2D eigenvalue weighted by atomic mass is 9.80. The molecule has 0 bridgehead atoms. The molecule has 2 N–H and O–H groups in total. The second-order valence-electron chi connectivity index (χ2n) is 6.32. The van der Waals surface area contributed by atoms with Crippen molar-refractivity contribution in [2.75, 3.05) is 0 Å². The first-order valence-corrected chi connectivity index (χ1v) is 7.56. The number of benzene rings is 1. The van der Waals surface area contributed by atoms with Crippen molar-refractivity contribution in [3.05, 3.63) is 35.4 Å². The number of carbonyl (C=O) groups excluding carboxylic acids is 1. The van der Waals surface area contributed by atoms with Crippen LogP contribution in [0.15, 0.2) is 24.3 Å². The van der Waals surface area contributed by atoms with Crippen LogP contribution in [0.2, 0.25) is 0 Å². The molecule has 0 saturated heterocycles. The number of carboxylic acid groups (broad SMARTS) is 1. The largest absolute Gasteiger partial charge is 0.478 e. The van der Waals surface area contributed by atoms with E-state index in [0.717, 1.165) is 12.8 Å². The molecule has 114 valence electrons. The summed E-state index contributed by atoms with van der Waals surface area (Å²) in [5.74, 6) is 0.184. The Labute approximate surface area is 125 Å². The standard InChI is InChI=1S/C17H23NO3/c1-11-7-12(2)9-14(8-11)18-16(19)10-13-5-3-4-6-15(13)17(20)21/h3-6,11-12,14H,7-10H2,1-2H3,(H,18,19)(H,20,21). The number of carboxylic acids is 1. The summed E-state index contributed by atoms with van der Waals surface area (Å²) in [6.45, 7) is 4.43. The first-order valence-electron chi connectivity index (χ1n) is 7.56. The molecule has 1 aromatic rings. The van der Waals surface area contributed by atoms with Crippen LogP contribution in [-0.4, -0.2) is 23.0 Å². The third-order valence-corrected chi connectivity index (χ3v) is 4.14. The van der Waals surface area contributed by atoms with Crippen LogP contribution >= 0.6 is 0 Å². The van der Waals surface area contributed by atoms with Gasteiger partial charge in [0.15, 0.2) is 0 Å². The topological polar surface area (TPSA) is 66.4 Å². The lowest BCUT2D eigenvalue weighted by Gasteiger charge is -2.32. The average molecular weight is 289 g/mol. The number of nitrogens with one attached hydrogen (secondary N) is 1. The molecular formula is C17H23NO3. The molecule has 1 amide bonds. The summed E-state index contributed by atoms with van der Waals surface area (Å²) in [4.78, 5) is 23.3. The number of hydrogen-bond donors (Lipinski definition) is 2. The van der Waals surface area contributed by atoms with E-state index in [1.165, 1.54) is 12.5 Å². The fourth-order valence-electron chi connectivity index (χ4n) is 3.40. The second-order valence-corrected chi connectivity index (χ2v) is 6.32. The van der Waals surface area contributed by atoms with Crippen LogP contribution in [0.25, 0.3) is 0 Å². The Morgan fingerprint density at radius 1 is 1.14 bits per heavy atom. The number of carbonyl (C=O) groups is 2. The predicted octanol–water partition coefficient (Wildman–Crippen LogP) is 2.87. The van der Waals surface area contributed by atoms with Crippen LogP contribution in [0, 0.1) is 11.8 Å². The zero-order chi connectivity index (χ0) is 15.4. The number of rotatable bonds is 4. The Balaban J connectivity index is 1.97. The van der Waals surface area contributed by atoms with Gasteiger partial charge in [-0.3, -0.25) is 4.79 Å². The van der Waals surface area contributed by atoms with Crippen molar-refractivity contribution in [2.45, 2.75) is 45.6 Å². The molecule has 0 aromatic heterocycles. The number of amides is 1. The average Bonchev–Trinajstić information content (AvgIpc) is 2.37. The zero-order valence-corrected chi connectivity index (χ0v) is 12.6. The highest BCUT2D eigenvalue weighted by Crippen LogP contribution is 2.28. The minimum Gasteiger partial charge on any atom is -0.478 e. The SMILES string of the molecule is CC1CC(C)CC(NC(=O)Cc2ccccc2C(=O)O)C1.